The first-order valence-electron chi connectivity index (χ1n) is 7.99. The Labute approximate surface area is 150 Å². The molecule has 0 aliphatic rings. The second-order valence-electron chi connectivity index (χ2n) is 5.96. The number of aromatic nitrogens is 1. The van der Waals surface area contributed by atoms with Crippen LogP contribution in [0.15, 0.2) is 42.5 Å². The van der Waals surface area contributed by atoms with Gasteiger partial charge in [-0.2, -0.15) is 0 Å². The molecule has 0 atom stereocenters. The number of aromatic carboxylic acids is 1. The summed E-state index contributed by atoms with van der Waals surface area (Å²) in [6.07, 6.45) is 0. The molecule has 6 heteroatoms. The smallest absolute Gasteiger partial charge is 0.336 e. The lowest BCUT2D eigenvalue weighted by atomic mass is 10.0. The zero-order valence-corrected chi connectivity index (χ0v) is 14.7. The van der Waals surface area contributed by atoms with E-state index in [2.05, 4.69) is 10.3 Å². The summed E-state index contributed by atoms with van der Waals surface area (Å²) in [6.45, 7) is 3.33. The molecule has 0 radical (unpaired) electrons. The van der Waals surface area contributed by atoms with Gasteiger partial charge in [-0.05, 0) is 55.0 Å². The van der Waals surface area contributed by atoms with Crippen LogP contribution in [0.3, 0.4) is 0 Å². The van der Waals surface area contributed by atoms with Crippen LogP contribution in [-0.2, 0) is 4.79 Å². The largest absolute Gasteiger partial charge is 0.496 e. The van der Waals surface area contributed by atoms with Crippen LogP contribution in [0.1, 0.15) is 22.8 Å². The Morgan fingerprint density at radius 3 is 2.50 bits per heavy atom. The summed E-state index contributed by atoms with van der Waals surface area (Å²) in [7, 11) is 1.60. The summed E-state index contributed by atoms with van der Waals surface area (Å²) in [6, 6.07) is 12.1. The third-order valence-corrected chi connectivity index (χ3v) is 4.05. The molecular formula is C20H18N2O4. The molecule has 3 aromatic rings. The SMILES string of the molecule is COc1ccc(-c2cc(C(=O)O)c3ccc(NC(C)=O)cc3n2)cc1C. The van der Waals surface area contributed by atoms with Crippen LogP contribution in [0.25, 0.3) is 22.2 Å². The highest BCUT2D eigenvalue weighted by atomic mass is 16.5. The van der Waals surface area contributed by atoms with E-state index >= 15 is 0 Å². The van der Waals surface area contributed by atoms with Crippen molar-refractivity contribution in [1.29, 1.82) is 0 Å². The molecule has 26 heavy (non-hydrogen) atoms. The maximum atomic E-state index is 11.7. The van der Waals surface area contributed by atoms with E-state index in [0.717, 1.165) is 16.9 Å². The van der Waals surface area contributed by atoms with Crippen molar-refractivity contribution in [1.82, 2.24) is 4.98 Å². The third-order valence-electron chi connectivity index (χ3n) is 4.05. The van der Waals surface area contributed by atoms with Gasteiger partial charge in [-0.1, -0.05) is 0 Å². The third kappa shape index (κ3) is 3.35. The van der Waals surface area contributed by atoms with Crippen LogP contribution in [-0.4, -0.2) is 29.1 Å². The molecule has 1 aromatic heterocycles. The Hall–Kier alpha value is -3.41. The van der Waals surface area contributed by atoms with Crippen molar-refractivity contribution >= 4 is 28.5 Å². The summed E-state index contributed by atoms with van der Waals surface area (Å²) in [4.78, 5) is 27.6. The number of carboxylic acids is 1. The number of aryl methyl sites for hydroxylation is 1. The molecule has 132 valence electrons. The predicted octanol–water partition coefficient (Wildman–Crippen LogP) is 3.88. The van der Waals surface area contributed by atoms with Gasteiger partial charge >= 0.3 is 5.97 Å². The number of carbonyl (C=O) groups is 2. The minimum absolute atomic E-state index is 0.160. The fraction of sp³-hybridized carbons (Fsp3) is 0.150. The van der Waals surface area contributed by atoms with Crippen molar-refractivity contribution in [3.63, 3.8) is 0 Å². The minimum atomic E-state index is -1.03. The van der Waals surface area contributed by atoms with Crippen molar-refractivity contribution in [2.45, 2.75) is 13.8 Å². The van der Waals surface area contributed by atoms with Crippen LogP contribution in [0.2, 0.25) is 0 Å². The minimum Gasteiger partial charge on any atom is -0.496 e. The van der Waals surface area contributed by atoms with E-state index in [9.17, 15) is 14.7 Å². The molecule has 0 saturated heterocycles. The molecule has 1 heterocycles. The fourth-order valence-electron chi connectivity index (χ4n) is 2.87. The quantitative estimate of drug-likeness (QED) is 0.745. The first kappa shape index (κ1) is 17.4. The lowest BCUT2D eigenvalue weighted by molar-refractivity contribution is -0.114. The zero-order chi connectivity index (χ0) is 18.8. The first-order valence-corrected chi connectivity index (χ1v) is 7.99. The lowest BCUT2D eigenvalue weighted by Crippen LogP contribution is -2.06. The zero-order valence-electron chi connectivity index (χ0n) is 14.7. The van der Waals surface area contributed by atoms with Crippen LogP contribution < -0.4 is 10.1 Å². The second-order valence-corrected chi connectivity index (χ2v) is 5.96. The molecule has 0 unspecified atom stereocenters. The number of carbonyl (C=O) groups excluding carboxylic acids is 1. The molecule has 0 spiro atoms. The number of nitrogens with one attached hydrogen (secondary N) is 1. The van der Waals surface area contributed by atoms with E-state index in [-0.39, 0.29) is 11.5 Å². The number of hydrogen-bond acceptors (Lipinski definition) is 4. The average Bonchev–Trinajstić information content (AvgIpc) is 2.59. The lowest BCUT2D eigenvalue weighted by Gasteiger charge is -2.11. The van der Waals surface area contributed by atoms with Gasteiger partial charge in [-0.15, -0.1) is 0 Å². The molecule has 0 aliphatic heterocycles. The van der Waals surface area contributed by atoms with Crippen LogP contribution in [0.4, 0.5) is 5.69 Å². The van der Waals surface area contributed by atoms with Crippen molar-refractivity contribution in [3.8, 4) is 17.0 Å². The highest BCUT2D eigenvalue weighted by Crippen LogP contribution is 2.29. The maximum Gasteiger partial charge on any atom is 0.336 e. The van der Waals surface area contributed by atoms with Gasteiger partial charge in [0, 0.05) is 23.6 Å². The predicted molar refractivity (Wildman–Crippen MR) is 99.7 cm³/mol. The van der Waals surface area contributed by atoms with Crippen molar-refractivity contribution in [2.75, 3.05) is 12.4 Å². The van der Waals surface area contributed by atoms with Crippen molar-refractivity contribution in [2.24, 2.45) is 0 Å². The van der Waals surface area contributed by atoms with E-state index < -0.39 is 5.97 Å². The number of nitrogens with zero attached hydrogens (tertiary/aromatic N) is 1. The molecule has 0 bridgehead atoms. The van der Waals surface area contributed by atoms with Crippen LogP contribution in [0, 0.1) is 6.92 Å². The monoisotopic (exact) mass is 350 g/mol. The summed E-state index contributed by atoms with van der Waals surface area (Å²) < 4.78 is 5.27. The number of fused-ring (bicyclic) bond motifs is 1. The number of pyridine rings is 1. The average molecular weight is 350 g/mol. The number of anilines is 1. The van der Waals surface area contributed by atoms with Crippen molar-refractivity contribution in [3.05, 3.63) is 53.6 Å². The molecule has 3 rings (SSSR count). The second kappa shape index (κ2) is 6.84. The normalized spacial score (nSPS) is 10.6. The van der Waals surface area contributed by atoms with E-state index in [0.29, 0.717) is 22.3 Å². The number of rotatable bonds is 4. The van der Waals surface area contributed by atoms with Crippen LogP contribution in [0.5, 0.6) is 5.75 Å². The van der Waals surface area contributed by atoms with Gasteiger partial charge in [0.15, 0.2) is 0 Å². The molecule has 0 aliphatic carbocycles. The highest BCUT2D eigenvalue weighted by Gasteiger charge is 2.14. The number of hydrogen-bond donors (Lipinski definition) is 2. The summed E-state index contributed by atoms with van der Waals surface area (Å²) >= 11 is 0. The molecule has 2 aromatic carbocycles. The Bertz CT molecular complexity index is 1030. The van der Waals surface area contributed by atoms with Crippen molar-refractivity contribution < 1.29 is 19.4 Å². The molecule has 0 fully saturated rings. The topological polar surface area (TPSA) is 88.5 Å². The Kier molecular flexibility index (Phi) is 4.58. The number of ether oxygens (including phenoxy) is 1. The van der Waals surface area contributed by atoms with Gasteiger partial charge in [-0.25, -0.2) is 9.78 Å². The summed E-state index contributed by atoms with van der Waals surface area (Å²) in [5.41, 5.74) is 3.48. The number of benzene rings is 2. The standard InChI is InChI=1S/C20H18N2O4/c1-11-8-13(4-7-19(11)26-3)17-10-16(20(24)25)15-6-5-14(21-12(2)23)9-18(15)22-17/h4-10H,1-3H3,(H,21,23)(H,24,25). The fourth-order valence-corrected chi connectivity index (χ4v) is 2.87. The van der Waals surface area contributed by atoms with E-state index in [1.165, 1.54) is 6.92 Å². The molecule has 6 nitrogen and oxygen atoms in total. The summed E-state index contributed by atoms with van der Waals surface area (Å²) in [5, 5.41) is 12.8. The van der Waals surface area contributed by atoms with Gasteiger partial charge in [0.1, 0.15) is 5.75 Å². The molecule has 1 amide bonds. The van der Waals surface area contributed by atoms with Gasteiger partial charge in [-0.3, -0.25) is 4.79 Å². The maximum absolute atomic E-state index is 11.7. The number of amides is 1. The van der Waals surface area contributed by atoms with Gasteiger partial charge < -0.3 is 15.2 Å². The van der Waals surface area contributed by atoms with Gasteiger partial charge in [0.25, 0.3) is 0 Å². The van der Waals surface area contributed by atoms with E-state index in [1.807, 2.05) is 25.1 Å². The highest BCUT2D eigenvalue weighted by molar-refractivity contribution is 6.05. The Morgan fingerprint density at radius 1 is 1.12 bits per heavy atom. The number of carboxylic acid groups (broad SMARTS) is 1. The molecular weight excluding hydrogens is 332 g/mol. The first-order chi connectivity index (χ1) is 12.4. The van der Waals surface area contributed by atoms with Crippen LogP contribution >= 0.6 is 0 Å². The van der Waals surface area contributed by atoms with Gasteiger partial charge in [0.2, 0.25) is 5.91 Å². The summed E-state index contributed by atoms with van der Waals surface area (Å²) in [5.74, 6) is -0.484. The Balaban J connectivity index is 2.20. The van der Waals surface area contributed by atoms with Gasteiger partial charge in [0.05, 0.1) is 23.9 Å². The van der Waals surface area contributed by atoms with E-state index in [4.69, 9.17) is 4.74 Å². The van der Waals surface area contributed by atoms with E-state index in [1.54, 1.807) is 31.4 Å². The Morgan fingerprint density at radius 2 is 1.88 bits per heavy atom. The number of methoxy groups -OCH3 is 1. The molecule has 0 saturated carbocycles. The molecule has 2 N–H and O–H groups in total.